The molecule has 1 atom stereocenters. The van der Waals surface area contributed by atoms with Gasteiger partial charge in [-0.3, -0.25) is 0 Å². The Morgan fingerprint density at radius 2 is 1.68 bits per heavy atom. The predicted molar refractivity (Wildman–Crippen MR) is 111 cm³/mol. The molecule has 0 aliphatic carbocycles. The van der Waals surface area contributed by atoms with Gasteiger partial charge in [0.15, 0.2) is 5.54 Å². The lowest BCUT2D eigenvalue weighted by atomic mass is 9.92. The van der Waals surface area contributed by atoms with Gasteiger partial charge in [0.2, 0.25) is 0 Å². The lowest BCUT2D eigenvalue weighted by molar-refractivity contribution is -0.149. The number of para-hydroxylation sites is 1. The van der Waals surface area contributed by atoms with E-state index < -0.39 is 34.3 Å². The summed E-state index contributed by atoms with van der Waals surface area (Å²) in [5.74, 6) is -1.02. The van der Waals surface area contributed by atoms with Gasteiger partial charge in [-0.2, -0.15) is 0 Å². The molecule has 10 heteroatoms. The zero-order chi connectivity index (χ0) is 22.6. The average molecular weight is 448 g/mol. The van der Waals surface area contributed by atoms with Crippen LogP contribution in [-0.4, -0.2) is 50.9 Å². The van der Waals surface area contributed by atoms with Crippen LogP contribution < -0.4 is 5.32 Å². The van der Waals surface area contributed by atoms with Gasteiger partial charge in [0.05, 0.1) is 24.6 Å². The minimum absolute atomic E-state index is 0.0692. The SMILES string of the molecule is COC(=O)N[C@@](CF)(Cc1cn(S(=O)(=O)c2ccccc2)c2ccccc12)C(=O)OC. The van der Waals surface area contributed by atoms with Gasteiger partial charge in [-0.05, 0) is 23.8 Å². The van der Waals surface area contributed by atoms with Gasteiger partial charge in [-0.25, -0.2) is 26.4 Å². The molecule has 0 spiro atoms. The molecule has 0 aliphatic rings. The molecule has 0 radical (unpaired) electrons. The predicted octanol–water partition coefficient (Wildman–Crippen LogP) is 2.66. The summed E-state index contributed by atoms with van der Waals surface area (Å²) in [6.07, 6.45) is -0.0636. The molecule has 3 rings (SSSR count). The summed E-state index contributed by atoms with van der Waals surface area (Å²) in [7, 11) is -1.82. The molecule has 1 aromatic heterocycles. The molecule has 0 aliphatic heterocycles. The number of amides is 1. The average Bonchev–Trinajstić information content (AvgIpc) is 3.17. The van der Waals surface area contributed by atoms with Gasteiger partial charge in [0, 0.05) is 18.0 Å². The number of nitrogens with zero attached hydrogens (tertiary/aromatic N) is 1. The summed E-state index contributed by atoms with van der Waals surface area (Å²) in [4.78, 5) is 24.3. The Labute approximate surface area is 178 Å². The van der Waals surface area contributed by atoms with Crippen LogP contribution in [0.1, 0.15) is 5.56 Å². The fraction of sp³-hybridized carbons (Fsp3) is 0.238. The molecular formula is C21H21FN2O6S. The zero-order valence-electron chi connectivity index (χ0n) is 16.9. The third-order valence-corrected chi connectivity index (χ3v) is 6.57. The summed E-state index contributed by atoms with van der Waals surface area (Å²) in [5.41, 5.74) is -1.42. The highest BCUT2D eigenvalue weighted by molar-refractivity contribution is 7.90. The maximum absolute atomic E-state index is 14.1. The Bertz CT molecular complexity index is 1210. The van der Waals surface area contributed by atoms with Crippen molar-refractivity contribution >= 4 is 33.0 Å². The molecule has 1 heterocycles. The number of alkyl halides is 1. The van der Waals surface area contributed by atoms with Crippen LogP contribution in [0.15, 0.2) is 65.7 Å². The zero-order valence-corrected chi connectivity index (χ0v) is 17.7. The first kappa shape index (κ1) is 22.3. The summed E-state index contributed by atoms with van der Waals surface area (Å²) < 4.78 is 50.9. The van der Waals surface area contributed by atoms with E-state index in [0.29, 0.717) is 16.5 Å². The van der Waals surface area contributed by atoms with E-state index in [2.05, 4.69) is 10.1 Å². The first-order chi connectivity index (χ1) is 14.8. The van der Waals surface area contributed by atoms with Crippen molar-refractivity contribution in [2.24, 2.45) is 0 Å². The van der Waals surface area contributed by atoms with Crippen LogP contribution in [0.3, 0.4) is 0 Å². The summed E-state index contributed by atoms with van der Waals surface area (Å²) >= 11 is 0. The number of benzene rings is 2. The number of rotatable bonds is 7. The molecule has 0 fully saturated rings. The van der Waals surface area contributed by atoms with Gasteiger partial charge < -0.3 is 14.8 Å². The lowest BCUT2D eigenvalue weighted by Crippen LogP contribution is -2.58. The topological polar surface area (TPSA) is 104 Å². The summed E-state index contributed by atoms with van der Waals surface area (Å²) in [6, 6.07) is 14.4. The van der Waals surface area contributed by atoms with Gasteiger partial charge >= 0.3 is 12.1 Å². The largest absolute Gasteiger partial charge is 0.467 e. The molecule has 0 bridgehead atoms. The van der Waals surface area contributed by atoms with Gasteiger partial charge in [0.25, 0.3) is 10.0 Å². The lowest BCUT2D eigenvalue weighted by Gasteiger charge is -2.28. The fourth-order valence-electron chi connectivity index (χ4n) is 3.33. The highest BCUT2D eigenvalue weighted by atomic mass is 32.2. The van der Waals surface area contributed by atoms with Gasteiger partial charge in [-0.1, -0.05) is 36.4 Å². The molecular weight excluding hydrogens is 427 g/mol. The highest BCUT2D eigenvalue weighted by Gasteiger charge is 2.43. The summed E-state index contributed by atoms with van der Waals surface area (Å²) in [6.45, 7) is -1.29. The van der Waals surface area contributed by atoms with Crippen molar-refractivity contribution in [3.05, 3.63) is 66.4 Å². The molecule has 2 aromatic carbocycles. The number of hydrogen-bond donors (Lipinski definition) is 1. The van der Waals surface area contributed by atoms with Crippen molar-refractivity contribution in [1.29, 1.82) is 0 Å². The molecule has 3 aromatic rings. The summed E-state index contributed by atoms with van der Waals surface area (Å²) in [5, 5.41) is 2.69. The van der Waals surface area contributed by atoms with E-state index in [1.54, 1.807) is 42.5 Å². The standard InChI is InChI=1S/C21H21FN2O6S/c1-29-19(25)21(14-22,23-20(26)30-2)12-15-13-24(18-11-7-6-10-17(15)18)31(27,28)16-8-4-3-5-9-16/h3-11,13H,12,14H2,1-2H3,(H,23,26)/t21-/m1/s1. The maximum atomic E-state index is 14.1. The number of halogens is 1. The molecule has 1 N–H and O–H groups in total. The number of esters is 1. The van der Waals surface area contributed by atoms with Crippen LogP contribution >= 0.6 is 0 Å². The number of carbonyl (C=O) groups is 2. The second-order valence-electron chi connectivity index (χ2n) is 6.79. The number of aromatic nitrogens is 1. The fourth-order valence-corrected chi connectivity index (χ4v) is 4.75. The van der Waals surface area contributed by atoms with Crippen LogP contribution in [0.4, 0.5) is 9.18 Å². The van der Waals surface area contributed by atoms with E-state index in [9.17, 15) is 22.4 Å². The number of nitrogens with one attached hydrogen (secondary N) is 1. The first-order valence-electron chi connectivity index (χ1n) is 9.19. The molecule has 8 nitrogen and oxygen atoms in total. The van der Waals surface area contributed by atoms with Crippen molar-refractivity contribution in [3.8, 4) is 0 Å². The van der Waals surface area contributed by atoms with Crippen LogP contribution in [0.25, 0.3) is 10.9 Å². The minimum atomic E-state index is -3.97. The molecule has 1 amide bonds. The van der Waals surface area contributed by atoms with Crippen molar-refractivity contribution in [1.82, 2.24) is 9.29 Å². The molecule has 0 saturated carbocycles. The molecule has 164 valence electrons. The second-order valence-corrected chi connectivity index (χ2v) is 8.60. The Kier molecular flexibility index (Phi) is 6.30. The van der Waals surface area contributed by atoms with E-state index in [1.807, 2.05) is 0 Å². The Morgan fingerprint density at radius 3 is 2.29 bits per heavy atom. The Morgan fingerprint density at radius 1 is 1.03 bits per heavy atom. The van der Waals surface area contributed by atoms with E-state index in [4.69, 9.17) is 4.74 Å². The number of methoxy groups -OCH3 is 2. The quantitative estimate of drug-likeness (QED) is 0.558. The monoisotopic (exact) mass is 448 g/mol. The van der Waals surface area contributed by atoms with E-state index in [0.717, 1.165) is 18.2 Å². The number of carbonyl (C=O) groups excluding carboxylic acids is 2. The van der Waals surface area contributed by atoms with E-state index in [-0.39, 0.29) is 11.3 Å². The number of hydrogen-bond acceptors (Lipinski definition) is 6. The smallest absolute Gasteiger partial charge is 0.407 e. The van der Waals surface area contributed by atoms with Crippen LogP contribution in [0, 0.1) is 0 Å². The van der Waals surface area contributed by atoms with E-state index >= 15 is 0 Å². The van der Waals surface area contributed by atoms with Crippen molar-refractivity contribution < 1.29 is 31.9 Å². The normalized spacial score (nSPS) is 13.4. The molecule has 31 heavy (non-hydrogen) atoms. The van der Waals surface area contributed by atoms with Crippen molar-refractivity contribution in [3.63, 3.8) is 0 Å². The van der Waals surface area contributed by atoms with Crippen molar-refractivity contribution in [2.45, 2.75) is 16.9 Å². The number of alkyl carbamates (subject to hydrolysis) is 1. The van der Waals surface area contributed by atoms with Gasteiger partial charge in [0.1, 0.15) is 6.67 Å². The number of ether oxygens (including phenoxy) is 2. The van der Waals surface area contributed by atoms with Crippen molar-refractivity contribution in [2.75, 3.05) is 20.9 Å². The first-order valence-corrected chi connectivity index (χ1v) is 10.6. The van der Waals surface area contributed by atoms with Crippen LogP contribution in [-0.2, 0) is 30.7 Å². The highest BCUT2D eigenvalue weighted by Crippen LogP contribution is 2.29. The van der Waals surface area contributed by atoms with Gasteiger partial charge in [-0.15, -0.1) is 0 Å². The second kappa shape index (κ2) is 8.76. The minimum Gasteiger partial charge on any atom is -0.467 e. The van der Waals surface area contributed by atoms with Crippen LogP contribution in [0.2, 0.25) is 0 Å². The maximum Gasteiger partial charge on any atom is 0.407 e. The Balaban J connectivity index is 2.17. The number of fused-ring (bicyclic) bond motifs is 1. The Hall–Kier alpha value is -3.40. The molecule has 0 saturated heterocycles. The third-order valence-electron chi connectivity index (χ3n) is 4.88. The van der Waals surface area contributed by atoms with E-state index in [1.165, 1.54) is 18.3 Å². The van der Waals surface area contributed by atoms with Crippen LogP contribution in [0.5, 0.6) is 0 Å². The molecule has 0 unspecified atom stereocenters. The third kappa shape index (κ3) is 4.11.